The Morgan fingerprint density at radius 3 is 3.00 bits per heavy atom. The number of thioether (sulfide) groups is 1. The average Bonchev–Trinajstić information content (AvgIpc) is 2.61. The Morgan fingerprint density at radius 1 is 1.53 bits per heavy atom. The molecule has 0 bridgehead atoms. The number of nitrogens with zero attached hydrogens (tertiary/aromatic N) is 1. The summed E-state index contributed by atoms with van der Waals surface area (Å²) in [5, 5.41) is 0.664. The Labute approximate surface area is 119 Å². The van der Waals surface area contributed by atoms with E-state index in [1.807, 2.05) is 11.8 Å². The zero-order valence-corrected chi connectivity index (χ0v) is 13.1. The molecule has 1 unspecified atom stereocenters. The van der Waals surface area contributed by atoms with Crippen molar-refractivity contribution >= 4 is 50.9 Å². The molecule has 1 heterocycles. The van der Waals surface area contributed by atoms with E-state index >= 15 is 0 Å². The Bertz CT molecular complexity index is 573. The number of halogens is 1. The second kappa shape index (κ2) is 5.59. The van der Waals surface area contributed by atoms with E-state index in [0.29, 0.717) is 5.25 Å². The topological polar surface area (TPSA) is 20.7 Å². The number of H-pyrrole nitrogens is 1. The van der Waals surface area contributed by atoms with Crippen LogP contribution in [-0.4, -0.2) is 21.1 Å². The molecule has 0 radical (unpaired) electrons. The lowest BCUT2D eigenvalue weighted by atomic mass is 10.3. The maximum absolute atomic E-state index is 5.37. The number of rotatable bonds is 4. The van der Waals surface area contributed by atoms with E-state index < -0.39 is 0 Å². The average molecular weight is 331 g/mol. The molecule has 1 aromatic heterocycles. The first-order valence-corrected chi connectivity index (χ1v) is 8.01. The van der Waals surface area contributed by atoms with E-state index in [4.69, 9.17) is 12.2 Å². The standard InChI is InChI=1S/C12H15BrN2S2/c1-8(17-2)5-6-15-11-4-3-9(13)7-10(11)14-12(15)16/h3-4,7-8H,5-6H2,1-2H3,(H,14,16). The van der Waals surface area contributed by atoms with Crippen molar-refractivity contribution in [2.45, 2.75) is 25.1 Å². The summed E-state index contributed by atoms with van der Waals surface area (Å²) in [6.07, 6.45) is 3.29. The maximum Gasteiger partial charge on any atom is 0.178 e. The van der Waals surface area contributed by atoms with Crippen molar-refractivity contribution in [3.8, 4) is 0 Å². The molecular weight excluding hydrogens is 316 g/mol. The molecule has 0 aliphatic heterocycles. The first-order valence-electron chi connectivity index (χ1n) is 5.52. The molecular formula is C12H15BrN2S2. The Balaban J connectivity index is 2.33. The molecule has 0 saturated heterocycles. The van der Waals surface area contributed by atoms with E-state index in [1.54, 1.807) is 0 Å². The molecule has 2 rings (SSSR count). The molecule has 0 spiro atoms. The van der Waals surface area contributed by atoms with E-state index in [1.165, 1.54) is 5.52 Å². The minimum Gasteiger partial charge on any atom is -0.331 e. The molecule has 1 N–H and O–H groups in total. The lowest BCUT2D eigenvalue weighted by molar-refractivity contribution is 0.648. The first kappa shape index (κ1) is 13.2. The first-order chi connectivity index (χ1) is 8.11. The van der Waals surface area contributed by atoms with Crippen LogP contribution in [0, 0.1) is 4.77 Å². The fourth-order valence-electron chi connectivity index (χ4n) is 1.79. The van der Waals surface area contributed by atoms with Crippen molar-refractivity contribution in [1.82, 2.24) is 9.55 Å². The fourth-order valence-corrected chi connectivity index (χ4v) is 2.79. The van der Waals surface area contributed by atoms with Gasteiger partial charge in [-0.25, -0.2) is 0 Å². The number of nitrogens with one attached hydrogen (secondary N) is 1. The van der Waals surface area contributed by atoms with Crippen molar-refractivity contribution in [2.75, 3.05) is 6.26 Å². The normalized spacial score (nSPS) is 13.1. The summed E-state index contributed by atoms with van der Waals surface area (Å²) in [6, 6.07) is 6.23. The highest BCUT2D eigenvalue weighted by atomic mass is 79.9. The second-order valence-electron chi connectivity index (χ2n) is 4.08. The molecule has 5 heteroatoms. The van der Waals surface area contributed by atoms with Gasteiger partial charge in [-0.1, -0.05) is 22.9 Å². The van der Waals surface area contributed by atoms with Crippen LogP contribution in [-0.2, 0) is 6.54 Å². The molecule has 0 fully saturated rings. The molecule has 0 saturated carbocycles. The minimum absolute atomic E-state index is 0.664. The zero-order chi connectivity index (χ0) is 12.4. The summed E-state index contributed by atoms with van der Waals surface area (Å²) in [5.41, 5.74) is 2.28. The molecule has 1 aromatic carbocycles. The fraction of sp³-hybridized carbons (Fsp3) is 0.417. The van der Waals surface area contributed by atoms with Gasteiger partial charge in [0.15, 0.2) is 4.77 Å². The number of hydrogen-bond donors (Lipinski definition) is 1. The molecule has 1 atom stereocenters. The molecule has 92 valence electrons. The van der Waals surface area contributed by atoms with Crippen LogP contribution in [0.25, 0.3) is 11.0 Å². The number of aromatic amines is 1. The number of aromatic nitrogens is 2. The van der Waals surface area contributed by atoms with Crippen LogP contribution in [0.2, 0.25) is 0 Å². The number of benzene rings is 1. The van der Waals surface area contributed by atoms with Crippen molar-refractivity contribution < 1.29 is 0 Å². The summed E-state index contributed by atoms with van der Waals surface area (Å²) in [6.45, 7) is 3.22. The van der Waals surface area contributed by atoms with Crippen LogP contribution in [0.4, 0.5) is 0 Å². The third kappa shape index (κ3) is 2.95. The van der Waals surface area contributed by atoms with Crippen molar-refractivity contribution in [2.24, 2.45) is 0 Å². The van der Waals surface area contributed by atoms with E-state index in [-0.39, 0.29) is 0 Å². The van der Waals surface area contributed by atoms with Gasteiger partial charge in [0.1, 0.15) is 0 Å². The predicted octanol–water partition coefficient (Wildman–Crippen LogP) is 4.60. The van der Waals surface area contributed by atoms with Gasteiger partial charge in [-0.2, -0.15) is 11.8 Å². The largest absolute Gasteiger partial charge is 0.331 e. The highest BCUT2D eigenvalue weighted by Crippen LogP contribution is 2.21. The molecule has 0 aliphatic rings. The van der Waals surface area contributed by atoms with Gasteiger partial charge in [-0.05, 0) is 43.1 Å². The van der Waals surface area contributed by atoms with Crippen LogP contribution >= 0.6 is 39.9 Å². The van der Waals surface area contributed by atoms with Gasteiger partial charge in [0.2, 0.25) is 0 Å². The third-order valence-corrected chi connectivity index (χ3v) is 4.75. The molecule has 0 aliphatic carbocycles. The Kier molecular flexibility index (Phi) is 4.33. The molecule has 2 nitrogen and oxygen atoms in total. The number of aryl methyl sites for hydroxylation is 1. The number of hydrogen-bond acceptors (Lipinski definition) is 2. The van der Waals surface area contributed by atoms with Crippen LogP contribution in [0.5, 0.6) is 0 Å². The van der Waals surface area contributed by atoms with Gasteiger partial charge < -0.3 is 9.55 Å². The smallest absolute Gasteiger partial charge is 0.178 e. The maximum atomic E-state index is 5.37. The van der Waals surface area contributed by atoms with Gasteiger partial charge in [-0.3, -0.25) is 0 Å². The van der Waals surface area contributed by atoms with Crippen LogP contribution in [0.3, 0.4) is 0 Å². The SMILES string of the molecule is CSC(C)CCn1c(=S)[nH]c2cc(Br)ccc21. The van der Waals surface area contributed by atoms with E-state index in [9.17, 15) is 0 Å². The molecule has 0 amide bonds. The summed E-state index contributed by atoms with van der Waals surface area (Å²) in [7, 11) is 0. The van der Waals surface area contributed by atoms with Crippen LogP contribution < -0.4 is 0 Å². The Hall–Kier alpha value is -0.260. The molecule has 17 heavy (non-hydrogen) atoms. The molecule has 2 aromatic rings. The summed E-state index contributed by atoms with van der Waals surface area (Å²) in [5.74, 6) is 0. The lowest BCUT2D eigenvalue weighted by Gasteiger charge is -2.09. The van der Waals surface area contributed by atoms with Gasteiger partial charge in [0.05, 0.1) is 11.0 Å². The minimum atomic E-state index is 0.664. The van der Waals surface area contributed by atoms with Crippen molar-refractivity contribution in [1.29, 1.82) is 0 Å². The zero-order valence-electron chi connectivity index (χ0n) is 9.87. The lowest BCUT2D eigenvalue weighted by Crippen LogP contribution is -2.04. The predicted molar refractivity (Wildman–Crippen MR) is 82.4 cm³/mol. The van der Waals surface area contributed by atoms with E-state index in [0.717, 1.165) is 27.7 Å². The number of fused-ring (bicyclic) bond motifs is 1. The van der Waals surface area contributed by atoms with Crippen LogP contribution in [0.1, 0.15) is 13.3 Å². The second-order valence-corrected chi connectivity index (χ2v) is 6.66. The summed E-state index contributed by atoms with van der Waals surface area (Å²) in [4.78, 5) is 3.25. The van der Waals surface area contributed by atoms with Gasteiger partial charge in [-0.15, -0.1) is 0 Å². The highest BCUT2D eigenvalue weighted by Gasteiger charge is 2.06. The van der Waals surface area contributed by atoms with Crippen molar-refractivity contribution in [3.63, 3.8) is 0 Å². The monoisotopic (exact) mass is 330 g/mol. The quantitative estimate of drug-likeness (QED) is 0.826. The van der Waals surface area contributed by atoms with Crippen LogP contribution in [0.15, 0.2) is 22.7 Å². The van der Waals surface area contributed by atoms with Gasteiger partial charge in [0, 0.05) is 16.3 Å². The summed E-state index contributed by atoms with van der Waals surface area (Å²) < 4.78 is 4.07. The highest BCUT2D eigenvalue weighted by molar-refractivity contribution is 9.10. The van der Waals surface area contributed by atoms with E-state index in [2.05, 4.69) is 56.9 Å². The Morgan fingerprint density at radius 2 is 2.29 bits per heavy atom. The third-order valence-electron chi connectivity index (χ3n) is 2.90. The summed E-state index contributed by atoms with van der Waals surface area (Å²) >= 11 is 10.7. The van der Waals surface area contributed by atoms with Gasteiger partial charge >= 0.3 is 0 Å². The van der Waals surface area contributed by atoms with Crippen molar-refractivity contribution in [3.05, 3.63) is 27.4 Å². The van der Waals surface area contributed by atoms with Gasteiger partial charge in [0.25, 0.3) is 0 Å². The number of imidazole rings is 1.